The van der Waals surface area contributed by atoms with Gasteiger partial charge in [0.1, 0.15) is 17.8 Å². The lowest BCUT2D eigenvalue weighted by atomic mass is 9.96. The first-order chi connectivity index (χ1) is 12.3. The van der Waals surface area contributed by atoms with Gasteiger partial charge in [-0.05, 0) is 38.2 Å². The molecule has 0 aromatic carbocycles. The molecule has 1 aliphatic carbocycles. The van der Waals surface area contributed by atoms with Gasteiger partial charge in [-0.15, -0.1) is 0 Å². The van der Waals surface area contributed by atoms with E-state index in [1.165, 1.54) is 0 Å². The van der Waals surface area contributed by atoms with Crippen LogP contribution in [0.1, 0.15) is 26.2 Å². The fourth-order valence-electron chi connectivity index (χ4n) is 3.68. The van der Waals surface area contributed by atoms with Gasteiger partial charge in [0, 0.05) is 32.4 Å². The highest BCUT2D eigenvalue weighted by Crippen LogP contribution is 2.34. The van der Waals surface area contributed by atoms with Crippen molar-refractivity contribution in [2.75, 3.05) is 31.1 Å². The van der Waals surface area contributed by atoms with E-state index in [4.69, 9.17) is 4.74 Å². The third-order valence-corrected chi connectivity index (χ3v) is 5.26. The van der Waals surface area contributed by atoms with Gasteiger partial charge in [0.25, 0.3) is 0 Å². The first kappa shape index (κ1) is 16.3. The molecule has 1 aliphatic heterocycles. The number of H-pyrrole nitrogens is 1. The second-order valence-electron chi connectivity index (χ2n) is 6.95. The van der Waals surface area contributed by atoms with Crippen LogP contribution in [0.5, 0.6) is 0 Å². The lowest BCUT2D eigenvalue weighted by molar-refractivity contribution is -0.123. The first-order valence-electron chi connectivity index (χ1n) is 9.18. The van der Waals surface area contributed by atoms with Crippen molar-refractivity contribution in [2.45, 2.75) is 32.3 Å². The minimum absolute atomic E-state index is 0.0722. The molecule has 25 heavy (non-hydrogen) atoms. The van der Waals surface area contributed by atoms with Crippen molar-refractivity contribution in [1.29, 1.82) is 0 Å². The van der Waals surface area contributed by atoms with Crippen LogP contribution >= 0.6 is 0 Å². The molecule has 2 fully saturated rings. The minimum atomic E-state index is 0.0722. The summed E-state index contributed by atoms with van der Waals surface area (Å²) in [4.78, 5) is 26.3. The van der Waals surface area contributed by atoms with Crippen molar-refractivity contribution >= 4 is 22.8 Å². The quantitative estimate of drug-likeness (QED) is 0.834. The highest BCUT2D eigenvalue weighted by Gasteiger charge is 2.43. The summed E-state index contributed by atoms with van der Waals surface area (Å²) in [7, 11) is 0. The van der Waals surface area contributed by atoms with Gasteiger partial charge in [-0.1, -0.05) is 0 Å². The van der Waals surface area contributed by atoms with Crippen molar-refractivity contribution in [2.24, 2.45) is 11.8 Å². The van der Waals surface area contributed by atoms with Crippen LogP contribution in [0.2, 0.25) is 0 Å². The third-order valence-electron chi connectivity index (χ3n) is 5.26. The Labute approximate surface area is 147 Å². The first-order valence-corrected chi connectivity index (χ1v) is 9.18. The smallest absolute Gasteiger partial charge is 0.225 e. The molecule has 1 saturated heterocycles. The maximum absolute atomic E-state index is 12.1. The Bertz CT molecular complexity index is 738. The zero-order chi connectivity index (χ0) is 17.2. The zero-order valence-electron chi connectivity index (χ0n) is 14.6. The lowest BCUT2D eigenvalue weighted by Gasteiger charge is -2.33. The molecular weight excluding hydrogens is 318 g/mol. The molecular formula is C18H25N5O2. The summed E-state index contributed by atoms with van der Waals surface area (Å²) in [6.07, 6.45) is 6.67. The number of amides is 1. The Hall–Kier alpha value is -2.15. The van der Waals surface area contributed by atoms with Crippen LogP contribution in [0, 0.1) is 11.8 Å². The molecule has 0 spiro atoms. The summed E-state index contributed by atoms with van der Waals surface area (Å²) in [6.45, 7) is 5.35. The summed E-state index contributed by atoms with van der Waals surface area (Å²) < 4.78 is 5.49. The van der Waals surface area contributed by atoms with E-state index in [9.17, 15) is 4.79 Å². The number of nitrogens with zero attached hydrogens (tertiary/aromatic N) is 3. The van der Waals surface area contributed by atoms with E-state index in [0.29, 0.717) is 12.5 Å². The van der Waals surface area contributed by atoms with Gasteiger partial charge in [0.15, 0.2) is 0 Å². The largest absolute Gasteiger partial charge is 0.378 e. The Morgan fingerprint density at radius 2 is 2.24 bits per heavy atom. The van der Waals surface area contributed by atoms with Gasteiger partial charge in [-0.2, -0.15) is 0 Å². The Kier molecular flexibility index (Phi) is 4.57. The third kappa shape index (κ3) is 3.46. The fraction of sp³-hybridized carbons (Fsp3) is 0.611. The molecule has 1 amide bonds. The number of carbonyl (C=O) groups excluding carboxylic acids is 1. The van der Waals surface area contributed by atoms with Crippen LogP contribution < -0.4 is 10.2 Å². The second-order valence-corrected chi connectivity index (χ2v) is 6.95. The molecule has 7 nitrogen and oxygen atoms in total. The van der Waals surface area contributed by atoms with Crippen LogP contribution in [0.25, 0.3) is 11.0 Å². The SMILES string of the molecule is CCOC1CC1C(=O)NCC1CCN(c2ncnc3[nH]ccc23)CC1. The molecule has 2 aromatic heterocycles. The summed E-state index contributed by atoms with van der Waals surface area (Å²) in [5, 5.41) is 4.19. The number of aromatic nitrogens is 3. The highest BCUT2D eigenvalue weighted by molar-refractivity contribution is 5.87. The molecule has 4 rings (SSSR count). The number of ether oxygens (including phenoxy) is 1. The van der Waals surface area contributed by atoms with E-state index in [1.54, 1.807) is 6.33 Å². The molecule has 2 aliphatic rings. The molecule has 134 valence electrons. The van der Waals surface area contributed by atoms with Gasteiger partial charge in [-0.25, -0.2) is 9.97 Å². The molecule has 1 saturated carbocycles. The second kappa shape index (κ2) is 7.00. The monoisotopic (exact) mass is 343 g/mol. The molecule has 2 N–H and O–H groups in total. The fourth-order valence-corrected chi connectivity index (χ4v) is 3.68. The number of carbonyl (C=O) groups is 1. The number of fused-ring (bicyclic) bond motifs is 1. The van der Waals surface area contributed by atoms with Gasteiger partial charge in [-0.3, -0.25) is 4.79 Å². The van der Waals surface area contributed by atoms with Crippen molar-refractivity contribution in [3.05, 3.63) is 18.6 Å². The van der Waals surface area contributed by atoms with Gasteiger partial charge in [0.05, 0.1) is 17.4 Å². The molecule has 2 atom stereocenters. The number of aromatic amines is 1. The number of piperidine rings is 1. The summed E-state index contributed by atoms with van der Waals surface area (Å²) in [6, 6.07) is 2.03. The Balaban J connectivity index is 1.26. The average molecular weight is 343 g/mol. The number of nitrogens with one attached hydrogen (secondary N) is 2. The Morgan fingerprint density at radius 3 is 3.04 bits per heavy atom. The number of hydrogen-bond acceptors (Lipinski definition) is 5. The van der Waals surface area contributed by atoms with Crippen LogP contribution in [0.15, 0.2) is 18.6 Å². The zero-order valence-corrected chi connectivity index (χ0v) is 14.6. The molecule has 0 radical (unpaired) electrons. The topological polar surface area (TPSA) is 83.1 Å². The van der Waals surface area contributed by atoms with Gasteiger partial charge >= 0.3 is 0 Å². The van der Waals surface area contributed by atoms with Crippen LogP contribution in [-0.4, -0.2) is 53.2 Å². The van der Waals surface area contributed by atoms with Crippen LogP contribution in [-0.2, 0) is 9.53 Å². The normalized spacial score (nSPS) is 23.8. The maximum Gasteiger partial charge on any atom is 0.225 e. The van der Waals surface area contributed by atoms with E-state index in [1.807, 2.05) is 19.2 Å². The molecule has 2 aromatic rings. The maximum atomic E-state index is 12.1. The predicted octanol–water partition coefficient (Wildman–Crippen LogP) is 1.72. The number of hydrogen-bond donors (Lipinski definition) is 2. The Morgan fingerprint density at radius 1 is 1.40 bits per heavy atom. The summed E-state index contributed by atoms with van der Waals surface area (Å²) >= 11 is 0. The van der Waals surface area contributed by atoms with E-state index in [-0.39, 0.29) is 17.9 Å². The van der Waals surface area contributed by atoms with Crippen LogP contribution in [0.4, 0.5) is 5.82 Å². The standard InChI is InChI=1S/C18H25N5O2/c1-2-25-15-9-14(15)18(24)20-10-12-4-7-23(8-5-12)17-13-3-6-19-16(13)21-11-22-17/h3,6,11-12,14-15H,2,4-5,7-10H2,1H3,(H,20,24)(H,19,21,22). The lowest BCUT2D eigenvalue weighted by Crippen LogP contribution is -2.39. The van der Waals surface area contributed by atoms with Gasteiger partial charge < -0.3 is 19.9 Å². The van der Waals surface area contributed by atoms with E-state index in [0.717, 1.165) is 55.7 Å². The van der Waals surface area contributed by atoms with Crippen LogP contribution in [0.3, 0.4) is 0 Å². The molecule has 2 unspecified atom stereocenters. The van der Waals surface area contributed by atoms with Crippen molar-refractivity contribution in [3.63, 3.8) is 0 Å². The number of anilines is 1. The predicted molar refractivity (Wildman–Crippen MR) is 95.4 cm³/mol. The van der Waals surface area contributed by atoms with E-state index >= 15 is 0 Å². The van der Waals surface area contributed by atoms with E-state index in [2.05, 4.69) is 25.2 Å². The molecule has 3 heterocycles. The summed E-state index contributed by atoms with van der Waals surface area (Å²) in [5.74, 6) is 1.77. The number of rotatable bonds is 6. The average Bonchev–Trinajstić information content (AvgIpc) is 3.24. The molecule has 7 heteroatoms. The van der Waals surface area contributed by atoms with Crippen molar-refractivity contribution < 1.29 is 9.53 Å². The van der Waals surface area contributed by atoms with Crippen molar-refractivity contribution in [3.8, 4) is 0 Å². The minimum Gasteiger partial charge on any atom is -0.378 e. The van der Waals surface area contributed by atoms with Gasteiger partial charge in [0.2, 0.25) is 5.91 Å². The molecule has 0 bridgehead atoms. The summed E-state index contributed by atoms with van der Waals surface area (Å²) in [5.41, 5.74) is 0.882. The van der Waals surface area contributed by atoms with Crippen molar-refractivity contribution in [1.82, 2.24) is 20.3 Å². The van der Waals surface area contributed by atoms with E-state index < -0.39 is 0 Å². The highest BCUT2D eigenvalue weighted by atomic mass is 16.5.